The number of benzene rings is 1. The van der Waals surface area contributed by atoms with Crippen molar-refractivity contribution in [2.45, 2.75) is 6.92 Å². The van der Waals surface area contributed by atoms with Gasteiger partial charge in [-0.25, -0.2) is 4.68 Å². The average Bonchev–Trinajstić information content (AvgIpc) is 2.53. The van der Waals surface area contributed by atoms with Crippen LogP contribution < -0.4 is 0 Å². The molecule has 0 fully saturated rings. The molecule has 0 aliphatic carbocycles. The van der Waals surface area contributed by atoms with Crippen LogP contribution in [0.2, 0.25) is 0 Å². The number of hydrogen-bond donors (Lipinski definition) is 0. The highest BCUT2D eigenvalue weighted by Gasteiger charge is 1.96. The maximum atomic E-state index is 4.22. The molecule has 0 bridgehead atoms. The van der Waals surface area contributed by atoms with Gasteiger partial charge in [0.25, 0.3) is 0 Å². The molecule has 2 nitrogen and oxygen atoms in total. The SMILES string of the molecule is Cc1cnn(-c2ccc(Br)cc2)c1. The predicted molar refractivity (Wildman–Crippen MR) is 56.0 cm³/mol. The number of aromatic nitrogens is 2. The van der Waals surface area contributed by atoms with Crippen molar-refractivity contribution in [2.75, 3.05) is 0 Å². The Hall–Kier alpha value is -1.09. The van der Waals surface area contributed by atoms with E-state index in [9.17, 15) is 0 Å². The molecule has 0 amide bonds. The molecular formula is C10H9BrN2. The number of aryl methyl sites for hydroxylation is 1. The summed E-state index contributed by atoms with van der Waals surface area (Å²) < 4.78 is 2.95. The monoisotopic (exact) mass is 236 g/mol. The Bertz CT molecular complexity index is 403. The lowest BCUT2D eigenvalue weighted by Crippen LogP contribution is -1.92. The Morgan fingerprint density at radius 1 is 1.23 bits per heavy atom. The number of nitrogens with zero attached hydrogens (tertiary/aromatic N) is 2. The van der Waals surface area contributed by atoms with Crippen LogP contribution in [0.25, 0.3) is 5.69 Å². The molecule has 0 aliphatic rings. The van der Waals surface area contributed by atoms with E-state index in [0.29, 0.717) is 0 Å². The highest BCUT2D eigenvalue weighted by atomic mass is 79.9. The van der Waals surface area contributed by atoms with Gasteiger partial charge in [-0.2, -0.15) is 5.10 Å². The summed E-state index contributed by atoms with van der Waals surface area (Å²) in [6.07, 6.45) is 3.85. The minimum Gasteiger partial charge on any atom is -0.241 e. The summed E-state index contributed by atoms with van der Waals surface area (Å²) >= 11 is 3.39. The van der Waals surface area contributed by atoms with E-state index in [2.05, 4.69) is 21.0 Å². The van der Waals surface area contributed by atoms with Crippen LogP contribution >= 0.6 is 15.9 Å². The third-order valence-corrected chi connectivity index (χ3v) is 2.33. The average molecular weight is 237 g/mol. The van der Waals surface area contributed by atoms with Gasteiger partial charge in [-0.15, -0.1) is 0 Å². The minimum absolute atomic E-state index is 1.08. The van der Waals surface area contributed by atoms with E-state index in [4.69, 9.17) is 0 Å². The summed E-state index contributed by atoms with van der Waals surface area (Å²) in [4.78, 5) is 0. The topological polar surface area (TPSA) is 17.8 Å². The van der Waals surface area contributed by atoms with Crippen molar-refractivity contribution in [3.05, 3.63) is 46.7 Å². The predicted octanol–water partition coefficient (Wildman–Crippen LogP) is 2.94. The van der Waals surface area contributed by atoms with Crippen LogP contribution in [-0.4, -0.2) is 9.78 Å². The summed E-state index contributed by atoms with van der Waals surface area (Å²) in [7, 11) is 0. The lowest BCUT2D eigenvalue weighted by atomic mass is 10.3. The van der Waals surface area contributed by atoms with E-state index < -0.39 is 0 Å². The fourth-order valence-corrected chi connectivity index (χ4v) is 1.41. The molecule has 0 spiro atoms. The van der Waals surface area contributed by atoms with Gasteiger partial charge in [0.05, 0.1) is 11.9 Å². The fourth-order valence-electron chi connectivity index (χ4n) is 1.15. The highest BCUT2D eigenvalue weighted by Crippen LogP contribution is 2.13. The minimum atomic E-state index is 1.08. The van der Waals surface area contributed by atoms with Crippen LogP contribution in [-0.2, 0) is 0 Å². The van der Waals surface area contributed by atoms with E-state index in [-0.39, 0.29) is 0 Å². The number of halogens is 1. The quantitative estimate of drug-likeness (QED) is 0.745. The second-order valence-electron chi connectivity index (χ2n) is 2.94. The van der Waals surface area contributed by atoms with Gasteiger partial charge in [0.15, 0.2) is 0 Å². The fraction of sp³-hybridized carbons (Fsp3) is 0.100. The second kappa shape index (κ2) is 3.34. The van der Waals surface area contributed by atoms with Crippen LogP contribution in [0.1, 0.15) is 5.56 Å². The zero-order chi connectivity index (χ0) is 9.26. The van der Waals surface area contributed by atoms with Crippen LogP contribution in [0.15, 0.2) is 41.1 Å². The van der Waals surface area contributed by atoms with Crippen molar-refractivity contribution in [2.24, 2.45) is 0 Å². The molecular weight excluding hydrogens is 228 g/mol. The van der Waals surface area contributed by atoms with Gasteiger partial charge in [0.1, 0.15) is 0 Å². The normalized spacial score (nSPS) is 10.3. The molecule has 3 heteroatoms. The van der Waals surface area contributed by atoms with Gasteiger partial charge in [0.2, 0.25) is 0 Å². The molecule has 1 aromatic heterocycles. The van der Waals surface area contributed by atoms with Gasteiger partial charge >= 0.3 is 0 Å². The van der Waals surface area contributed by atoms with E-state index >= 15 is 0 Å². The first-order valence-corrected chi connectivity index (χ1v) is 4.82. The summed E-state index contributed by atoms with van der Waals surface area (Å²) in [6.45, 7) is 2.03. The lowest BCUT2D eigenvalue weighted by molar-refractivity contribution is 0.880. The van der Waals surface area contributed by atoms with E-state index in [0.717, 1.165) is 10.2 Å². The smallest absolute Gasteiger partial charge is 0.0646 e. The molecule has 1 heterocycles. The highest BCUT2D eigenvalue weighted by molar-refractivity contribution is 9.10. The van der Waals surface area contributed by atoms with Gasteiger partial charge < -0.3 is 0 Å². The second-order valence-corrected chi connectivity index (χ2v) is 3.85. The third-order valence-electron chi connectivity index (χ3n) is 1.80. The Morgan fingerprint density at radius 3 is 2.46 bits per heavy atom. The van der Waals surface area contributed by atoms with Gasteiger partial charge in [-0.05, 0) is 36.8 Å². The molecule has 0 unspecified atom stereocenters. The molecule has 0 saturated heterocycles. The Labute approximate surface area is 85.3 Å². The van der Waals surface area contributed by atoms with E-state index in [1.165, 1.54) is 5.56 Å². The summed E-state index contributed by atoms with van der Waals surface area (Å²) in [6, 6.07) is 8.06. The largest absolute Gasteiger partial charge is 0.241 e. The summed E-state index contributed by atoms with van der Waals surface area (Å²) in [5.74, 6) is 0. The van der Waals surface area contributed by atoms with E-state index in [1.54, 1.807) is 0 Å². The van der Waals surface area contributed by atoms with Crippen LogP contribution in [0.3, 0.4) is 0 Å². The Morgan fingerprint density at radius 2 is 1.92 bits per heavy atom. The summed E-state index contributed by atoms with van der Waals surface area (Å²) in [5.41, 5.74) is 2.25. The van der Waals surface area contributed by atoms with E-state index in [1.807, 2.05) is 48.3 Å². The van der Waals surface area contributed by atoms with Gasteiger partial charge in [0, 0.05) is 10.7 Å². The molecule has 0 N–H and O–H groups in total. The van der Waals surface area contributed by atoms with Crippen molar-refractivity contribution < 1.29 is 0 Å². The van der Waals surface area contributed by atoms with Crippen LogP contribution in [0.4, 0.5) is 0 Å². The molecule has 0 radical (unpaired) electrons. The van der Waals surface area contributed by atoms with Crippen LogP contribution in [0, 0.1) is 6.92 Å². The van der Waals surface area contributed by atoms with Gasteiger partial charge in [-0.3, -0.25) is 0 Å². The molecule has 0 aliphatic heterocycles. The molecule has 2 aromatic rings. The van der Waals surface area contributed by atoms with Crippen molar-refractivity contribution in [1.29, 1.82) is 0 Å². The standard InChI is InChI=1S/C10H9BrN2/c1-8-6-12-13(7-8)10-4-2-9(11)3-5-10/h2-7H,1H3. The zero-order valence-electron chi connectivity index (χ0n) is 7.24. The number of rotatable bonds is 1. The maximum Gasteiger partial charge on any atom is 0.0646 e. The third kappa shape index (κ3) is 1.80. The van der Waals surface area contributed by atoms with Crippen molar-refractivity contribution in [3.8, 4) is 5.69 Å². The van der Waals surface area contributed by atoms with Crippen molar-refractivity contribution in [3.63, 3.8) is 0 Å². The molecule has 13 heavy (non-hydrogen) atoms. The molecule has 0 saturated carbocycles. The number of hydrogen-bond acceptors (Lipinski definition) is 1. The zero-order valence-corrected chi connectivity index (χ0v) is 8.82. The first-order chi connectivity index (χ1) is 6.25. The van der Waals surface area contributed by atoms with Crippen LogP contribution in [0.5, 0.6) is 0 Å². The summed E-state index contributed by atoms with van der Waals surface area (Å²) in [5, 5.41) is 4.22. The Kier molecular flexibility index (Phi) is 2.19. The molecule has 1 aromatic carbocycles. The molecule has 0 atom stereocenters. The maximum absolute atomic E-state index is 4.22. The Balaban J connectivity index is 2.41. The molecule has 66 valence electrons. The van der Waals surface area contributed by atoms with Gasteiger partial charge in [-0.1, -0.05) is 15.9 Å². The van der Waals surface area contributed by atoms with Crippen molar-refractivity contribution >= 4 is 15.9 Å². The first kappa shape index (κ1) is 8.51. The lowest BCUT2D eigenvalue weighted by Gasteiger charge is -1.99. The first-order valence-electron chi connectivity index (χ1n) is 4.03. The molecule has 2 rings (SSSR count). The van der Waals surface area contributed by atoms with Crippen molar-refractivity contribution in [1.82, 2.24) is 9.78 Å².